The maximum atomic E-state index is 12.1. The highest BCUT2D eigenvalue weighted by atomic mass is 16.4. The topological polar surface area (TPSA) is 72.9 Å². The molecule has 2 rings (SSSR count). The fourth-order valence-electron chi connectivity index (χ4n) is 3.02. The molecule has 0 saturated carbocycles. The van der Waals surface area contributed by atoms with Gasteiger partial charge in [-0.15, -0.1) is 0 Å². The molecule has 6 heteroatoms. The number of rotatable bonds is 5. The number of carboxylic acid groups (broad SMARTS) is 1. The smallest absolute Gasteiger partial charge is 0.317 e. The van der Waals surface area contributed by atoms with Gasteiger partial charge in [0.15, 0.2) is 0 Å². The minimum Gasteiger partial charge on any atom is -0.481 e. The molecule has 0 aromatic heterocycles. The van der Waals surface area contributed by atoms with Crippen molar-refractivity contribution in [2.75, 3.05) is 32.7 Å². The number of carboxylic acids is 1. The highest BCUT2D eigenvalue weighted by molar-refractivity contribution is 5.74. The summed E-state index contributed by atoms with van der Waals surface area (Å²) in [5, 5.41) is 11.6. The largest absolute Gasteiger partial charge is 0.481 e. The first kappa shape index (κ1) is 15.1. The van der Waals surface area contributed by atoms with Crippen LogP contribution in [-0.2, 0) is 4.79 Å². The van der Waals surface area contributed by atoms with Crippen molar-refractivity contribution in [2.45, 2.75) is 38.6 Å². The second-order valence-electron chi connectivity index (χ2n) is 6.00. The zero-order chi connectivity index (χ0) is 14.5. The number of carbonyl (C=O) groups is 2. The van der Waals surface area contributed by atoms with Gasteiger partial charge in [0.2, 0.25) is 0 Å². The molecule has 0 spiro atoms. The SMILES string of the molecule is CC(CCC(=O)O)CNC(=O)N1CCN2CCCC2C1. The first-order valence-corrected chi connectivity index (χ1v) is 7.55. The summed E-state index contributed by atoms with van der Waals surface area (Å²) in [5.41, 5.74) is 0. The molecule has 2 aliphatic heterocycles. The molecule has 0 bridgehead atoms. The highest BCUT2D eigenvalue weighted by Gasteiger charge is 2.32. The number of hydrogen-bond donors (Lipinski definition) is 2. The van der Waals surface area contributed by atoms with Crippen LogP contribution >= 0.6 is 0 Å². The number of aliphatic carboxylic acids is 1. The number of carbonyl (C=O) groups excluding carboxylic acids is 1. The molecule has 114 valence electrons. The molecule has 2 atom stereocenters. The van der Waals surface area contributed by atoms with Crippen molar-refractivity contribution >= 4 is 12.0 Å². The van der Waals surface area contributed by atoms with Crippen LogP contribution in [0.1, 0.15) is 32.6 Å². The highest BCUT2D eigenvalue weighted by Crippen LogP contribution is 2.21. The first-order chi connectivity index (χ1) is 9.56. The van der Waals surface area contributed by atoms with Gasteiger partial charge < -0.3 is 15.3 Å². The average molecular weight is 283 g/mol. The molecule has 0 aromatic carbocycles. The van der Waals surface area contributed by atoms with Crippen LogP contribution in [0.25, 0.3) is 0 Å². The maximum Gasteiger partial charge on any atom is 0.317 e. The lowest BCUT2D eigenvalue weighted by atomic mass is 10.1. The number of urea groups is 1. The number of piperazine rings is 1. The molecule has 0 aliphatic carbocycles. The van der Waals surface area contributed by atoms with Crippen LogP contribution in [0.3, 0.4) is 0 Å². The Kier molecular flexibility index (Phi) is 5.23. The van der Waals surface area contributed by atoms with Crippen molar-refractivity contribution in [2.24, 2.45) is 5.92 Å². The predicted octanol–water partition coefficient (Wildman–Crippen LogP) is 0.977. The Balaban J connectivity index is 1.68. The summed E-state index contributed by atoms with van der Waals surface area (Å²) in [6.07, 6.45) is 3.20. The normalized spacial score (nSPS) is 24.2. The fourth-order valence-corrected chi connectivity index (χ4v) is 3.02. The lowest BCUT2D eigenvalue weighted by Gasteiger charge is -2.37. The molecule has 2 saturated heterocycles. The Morgan fingerprint density at radius 3 is 2.90 bits per heavy atom. The molecular formula is C14H25N3O3. The Bertz CT molecular complexity index is 362. The maximum absolute atomic E-state index is 12.1. The molecule has 2 aliphatic rings. The zero-order valence-electron chi connectivity index (χ0n) is 12.2. The molecule has 2 heterocycles. The van der Waals surface area contributed by atoms with E-state index in [2.05, 4.69) is 10.2 Å². The van der Waals surface area contributed by atoms with E-state index in [0.717, 1.165) is 19.6 Å². The van der Waals surface area contributed by atoms with Gasteiger partial charge in [0.25, 0.3) is 0 Å². The van der Waals surface area contributed by atoms with Gasteiger partial charge in [-0.05, 0) is 31.7 Å². The summed E-state index contributed by atoms with van der Waals surface area (Å²) < 4.78 is 0. The van der Waals surface area contributed by atoms with Crippen LogP contribution in [0.2, 0.25) is 0 Å². The van der Waals surface area contributed by atoms with Gasteiger partial charge in [0, 0.05) is 38.6 Å². The number of amides is 2. The molecule has 2 fully saturated rings. The lowest BCUT2D eigenvalue weighted by Crippen LogP contribution is -2.54. The van der Waals surface area contributed by atoms with E-state index in [0.29, 0.717) is 19.0 Å². The minimum atomic E-state index is -0.777. The number of hydrogen-bond acceptors (Lipinski definition) is 3. The monoisotopic (exact) mass is 283 g/mol. The van der Waals surface area contributed by atoms with Crippen molar-refractivity contribution < 1.29 is 14.7 Å². The summed E-state index contributed by atoms with van der Waals surface area (Å²) >= 11 is 0. The van der Waals surface area contributed by atoms with Crippen LogP contribution < -0.4 is 5.32 Å². The van der Waals surface area contributed by atoms with E-state index in [-0.39, 0.29) is 18.4 Å². The van der Waals surface area contributed by atoms with E-state index in [1.54, 1.807) is 0 Å². The Hall–Kier alpha value is -1.30. The molecule has 20 heavy (non-hydrogen) atoms. The number of nitrogens with one attached hydrogen (secondary N) is 1. The standard InChI is InChI=1S/C14H25N3O3/c1-11(4-5-13(18)19)9-15-14(20)17-8-7-16-6-2-3-12(16)10-17/h11-12H,2-10H2,1H3,(H,15,20)(H,18,19). The van der Waals surface area contributed by atoms with E-state index in [9.17, 15) is 9.59 Å². The summed E-state index contributed by atoms with van der Waals surface area (Å²) in [7, 11) is 0. The molecule has 0 radical (unpaired) electrons. The van der Waals surface area contributed by atoms with Gasteiger partial charge in [-0.25, -0.2) is 4.79 Å². The van der Waals surface area contributed by atoms with E-state index in [1.165, 1.54) is 19.4 Å². The van der Waals surface area contributed by atoms with Gasteiger partial charge in [0.1, 0.15) is 0 Å². The number of nitrogens with zero attached hydrogens (tertiary/aromatic N) is 2. The Morgan fingerprint density at radius 2 is 2.15 bits per heavy atom. The summed E-state index contributed by atoms with van der Waals surface area (Å²) in [6.45, 7) is 6.30. The predicted molar refractivity (Wildman–Crippen MR) is 75.6 cm³/mol. The number of fused-ring (bicyclic) bond motifs is 1. The molecule has 2 N–H and O–H groups in total. The second kappa shape index (κ2) is 6.92. The van der Waals surface area contributed by atoms with Gasteiger partial charge in [-0.2, -0.15) is 0 Å². The third kappa shape index (κ3) is 4.10. The van der Waals surface area contributed by atoms with Crippen molar-refractivity contribution in [3.8, 4) is 0 Å². The van der Waals surface area contributed by atoms with Crippen molar-refractivity contribution in [3.63, 3.8) is 0 Å². The summed E-state index contributed by atoms with van der Waals surface area (Å²) in [5.74, 6) is -0.580. The Labute approximate surface area is 120 Å². The third-order valence-electron chi connectivity index (χ3n) is 4.33. The fraction of sp³-hybridized carbons (Fsp3) is 0.857. The van der Waals surface area contributed by atoms with Crippen LogP contribution in [0.15, 0.2) is 0 Å². The molecule has 2 amide bonds. The van der Waals surface area contributed by atoms with Gasteiger partial charge in [-0.3, -0.25) is 9.69 Å². The van der Waals surface area contributed by atoms with Crippen molar-refractivity contribution in [1.82, 2.24) is 15.1 Å². The molecular weight excluding hydrogens is 258 g/mol. The van der Waals surface area contributed by atoms with Crippen LogP contribution in [0.4, 0.5) is 4.79 Å². The van der Waals surface area contributed by atoms with Crippen LogP contribution in [-0.4, -0.2) is 65.7 Å². The minimum absolute atomic E-state index is 0.00118. The van der Waals surface area contributed by atoms with E-state index < -0.39 is 5.97 Å². The van der Waals surface area contributed by atoms with E-state index in [1.807, 2.05) is 11.8 Å². The van der Waals surface area contributed by atoms with Gasteiger partial charge >= 0.3 is 12.0 Å². The third-order valence-corrected chi connectivity index (χ3v) is 4.33. The first-order valence-electron chi connectivity index (χ1n) is 7.55. The Morgan fingerprint density at radius 1 is 1.35 bits per heavy atom. The van der Waals surface area contributed by atoms with E-state index in [4.69, 9.17) is 5.11 Å². The summed E-state index contributed by atoms with van der Waals surface area (Å²) in [4.78, 5) is 27.0. The van der Waals surface area contributed by atoms with Crippen molar-refractivity contribution in [3.05, 3.63) is 0 Å². The second-order valence-corrected chi connectivity index (χ2v) is 6.00. The summed E-state index contributed by atoms with van der Waals surface area (Å²) in [6, 6.07) is 0.539. The van der Waals surface area contributed by atoms with E-state index >= 15 is 0 Å². The van der Waals surface area contributed by atoms with Crippen molar-refractivity contribution in [1.29, 1.82) is 0 Å². The lowest BCUT2D eigenvalue weighted by molar-refractivity contribution is -0.137. The van der Waals surface area contributed by atoms with Crippen LogP contribution in [0, 0.1) is 5.92 Å². The molecule has 2 unspecified atom stereocenters. The van der Waals surface area contributed by atoms with Gasteiger partial charge in [0.05, 0.1) is 0 Å². The van der Waals surface area contributed by atoms with Gasteiger partial charge in [-0.1, -0.05) is 6.92 Å². The average Bonchev–Trinajstić information content (AvgIpc) is 2.89. The zero-order valence-corrected chi connectivity index (χ0v) is 12.2. The molecule has 6 nitrogen and oxygen atoms in total. The molecule has 0 aromatic rings. The van der Waals surface area contributed by atoms with Crippen LogP contribution in [0.5, 0.6) is 0 Å². The quantitative estimate of drug-likeness (QED) is 0.789.